The summed E-state index contributed by atoms with van der Waals surface area (Å²) in [7, 11) is 0.499. The highest BCUT2D eigenvalue weighted by Crippen LogP contribution is 2.23. The fraction of sp³-hybridized carbons (Fsp3) is 0.571. The maximum atomic E-state index is 12.2. The predicted octanol–water partition coefficient (Wildman–Crippen LogP) is 1.83. The molecule has 114 valence electrons. The molecule has 0 amide bonds. The first-order valence-corrected chi connectivity index (χ1v) is 7.98. The zero-order chi connectivity index (χ0) is 14.8. The normalized spacial score (nSPS) is 12.3. The maximum Gasteiger partial charge on any atom is 0.120 e. The minimum Gasteiger partial charge on any atom is -0.494 e. The molecule has 0 radical (unpaired) electrons. The molecule has 0 aliphatic carbocycles. The summed E-state index contributed by atoms with van der Waals surface area (Å²) in [5.74, 6) is 1.22. The molecule has 2 N–H and O–H groups in total. The summed E-state index contributed by atoms with van der Waals surface area (Å²) in [4.78, 5) is 0.632. The van der Waals surface area contributed by atoms with Crippen molar-refractivity contribution in [1.82, 2.24) is 0 Å². The van der Waals surface area contributed by atoms with Crippen molar-refractivity contribution in [2.45, 2.75) is 18.2 Å². The van der Waals surface area contributed by atoms with Crippen LogP contribution >= 0.6 is 0 Å². The van der Waals surface area contributed by atoms with Crippen molar-refractivity contribution in [3.05, 3.63) is 18.2 Å². The molecule has 0 fully saturated rings. The quantitative estimate of drug-likeness (QED) is 0.527. The standard InChI is InChI=1S/C14H23NO4S/c1-3-19-12-5-6-13(15)14(11-12)20(16)10-4-7-18-9-8-17-2/h5-6,11H,3-4,7-10,15H2,1-2H3. The van der Waals surface area contributed by atoms with Gasteiger partial charge in [0, 0.05) is 25.2 Å². The van der Waals surface area contributed by atoms with Crippen LogP contribution in [0.5, 0.6) is 5.75 Å². The van der Waals surface area contributed by atoms with Gasteiger partial charge in [-0.05, 0) is 31.5 Å². The van der Waals surface area contributed by atoms with Gasteiger partial charge in [0.1, 0.15) is 5.75 Å². The summed E-state index contributed by atoms with van der Waals surface area (Å²) in [6, 6.07) is 5.27. The highest BCUT2D eigenvalue weighted by molar-refractivity contribution is 7.85. The van der Waals surface area contributed by atoms with E-state index in [4.69, 9.17) is 19.9 Å². The average Bonchev–Trinajstić information content (AvgIpc) is 2.45. The lowest BCUT2D eigenvalue weighted by Gasteiger charge is -2.09. The third-order valence-corrected chi connectivity index (χ3v) is 4.10. The van der Waals surface area contributed by atoms with Crippen molar-refractivity contribution >= 4 is 16.5 Å². The van der Waals surface area contributed by atoms with Crippen LogP contribution in [0.25, 0.3) is 0 Å². The van der Waals surface area contributed by atoms with Gasteiger partial charge in [-0.3, -0.25) is 4.21 Å². The number of methoxy groups -OCH3 is 1. The van der Waals surface area contributed by atoms with E-state index in [0.29, 0.717) is 54.9 Å². The Morgan fingerprint density at radius 3 is 2.75 bits per heavy atom. The lowest BCUT2D eigenvalue weighted by Crippen LogP contribution is -2.08. The lowest BCUT2D eigenvalue weighted by atomic mass is 10.3. The van der Waals surface area contributed by atoms with Gasteiger partial charge in [0.25, 0.3) is 0 Å². The van der Waals surface area contributed by atoms with Crippen molar-refractivity contribution in [2.75, 3.05) is 45.0 Å². The number of nitrogen functional groups attached to an aromatic ring is 1. The monoisotopic (exact) mass is 301 g/mol. The van der Waals surface area contributed by atoms with E-state index >= 15 is 0 Å². The van der Waals surface area contributed by atoms with E-state index in [2.05, 4.69) is 0 Å². The first-order valence-electron chi connectivity index (χ1n) is 6.66. The van der Waals surface area contributed by atoms with Crippen molar-refractivity contribution < 1.29 is 18.4 Å². The predicted molar refractivity (Wildman–Crippen MR) is 80.6 cm³/mol. The summed E-state index contributed by atoms with van der Waals surface area (Å²) in [6.45, 7) is 4.19. The van der Waals surface area contributed by atoms with Gasteiger partial charge in [0.15, 0.2) is 0 Å². The van der Waals surface area contributed by atoms with Crippen molar-refractivity contribution in [3.63, 3.8) is 0 Å². The Labute approximate surface area is 122 Å². The molecule has 6 heteroatoms. The Morgan fingerprint density at radius 2 is 2.05 bits per heavy atom. The number of hydrogen-bond acceptors (Lipinski definition) is 5. The van der Waals surface area contributed by atoms with Crippen LogP contribution < -0.4 is 10.5 Å². The molecule has 0 heterocycles. The summed E-state index contributed by atoms with van der Waals surface area (Å²) >= 11 is 0. The molecule has 1 atom stereocenters. The minimum absolute atomic E-state index is 0.521. The lowest BCUT2D eigenvalue weighted by molar-refractivity contribution is 0.0713. The molecule has 1 unspecified atom stereocenters. The van der Waals surface area contributed by atoms with Gasteiger partial charge in [0.05, 0.1) is 35.5 Å². The molecule has 0 aliphatic heterocycles. The van der Waals surface area contributed by atoms with Crippen LogP contribution in [0.15, 0.2) is 23.1 Å². The van der Waals surface area contributed by atoms with Crippen LogP contribution in [0.3, 0.4) is 0 Å². The van der Waals surface area contributed by atoms with E-state index < -0.39 is 10.8 Å². The molecule has 0 saturated heterocycles. The van der Waals surface area contributed by atoms with Crippen LogP contribution in [0, 0.1) is 0 Å². The molecule has 20 heavy (non-hydrogen) atoms. The van der Waals surface area contributed by atoms with Gasteiger partial charge in [-0.2, -0.15) is 0 Å². The number of rotatable bonds is 10. The molecule has 5 nitrogen and oxygen atoms in total. The number of nitrogens with two attached hydrogens (primary N) is 1. The maximum absolute atomic E-state index is 12.2. The summed E-state index contributed by atoms with van der Waals surface area (Å²) in [5, 5.41) is 0. The molecule has 0 bridgehead atoms. The zero-order valence-electron chi connectivity index (χ0n) is 12.1. The fourth-order valence-electron chi connectivity index (χ4n) is 1.61. The van der Waals surface area contributed by atoms with Gasteiger partial charge < -0.3 is 19.9 Å². The minimum atomic E-state index is -1.13. The Bertz CT molecular complexity index is 426. The molecule has 0 saturated carbocycles. The number of benzene rings is 1. The van der Waals surface area contributed by atoms with Crippen molar-refractivity contribution in [3.8, 4) is 5.75 Å². The fourth-order valence-corrected chi connectivity index (χ4v) is 2.79. The summed E-state index contributed by atoms with van der Waals surface area (Å²) < 4.78 is 27.8. The smallest absolute Gasteiger partial charge is 0.120 e. The van der Waals surface area contributed by atoms with Crippen molar-refractivity contribution in [1.29, 1.82) is 0 Å². The van der Waals surface area contributed by atoms with E-state index in [9.17, 15) is 4.21 Å². The topological polar surface area (TPSA) is 70.8 Å². The van der Waals surface area contributed by atoms with Crippen LogP contribution in [0.4, 0.5) is 5.69 Å². The number of anilines is 1. The largest absolute Gasteiger partial charge is 0.494 e. The van der Waals surface area contributed by atoms with Gasteiger partial charge >= 0.3 is 0 Å². The highest BCUT2D eigenvalue weighted by Gasteiger charge is 2.09. The Morgan fingerprint density at radius 1 is 1.25 bits per heavy atom. The first kappa shape index (κ1) is 16.9. The van der Waals surface area contributed by atoms with Gasteiger partial charge in [-0.1, -0.05) is 0 Å². The van der Waals surface area contributed by atoms with Crippen LogP contribution in [0.1, 0.15) is 13.3 Å². The molecule has 0 aromatic heterocycles. The second-order valence-electron chi connectivity index (χ2n) is 4.14. The summed E-state index contributed by atoms with van der Waals surface area (Å²) in [5.41, 5.74) is 6.39. The molecule has 0 aliphatic rings. The van der Waals surface area contributed by atoms with Crippen LogP contribution in [-0.4, -0.2) is 43.5 Å². The van der Waals surface area contributed by atoms with E-state index in [1.165, 1.54) is 0 Å². The Kier molecular flexibility index (Phi) is 8.25. The third kappa shape index (κ3) is 5.90. The molecule has 0 spiro atoms. The molecular formula is C14H23NO4S. The van der Waals surface area contributed by atoms with E-state index in [1.807, 2.05) is 6.92 Å². The van der Waals surface area contributed by atoms with Gasteiger partial charge in [0.2, 0.25) is 0 Å². The van der Waals surface area contributed by atoms with E-state index in [-0.39, 0.29) is 0 Å². The zero-order valence-corrected chi connectivity index (χ0v) is 12.9. The molecular weight excluding hydrogens is 278 g/mol. The molecule has 1 rings (SSSR count). The Balaban J connectivity index is 2.44. The van der Waals surface area contributed by atoms with Crippen LogP contribution in [0.2, 0.25) is 0 Å². The SMILES string of the molecule is CCOc1ccc(N)c(S(=O)CCCOCCOC)c1. The highest BCUT2D eigenvalue weighted by atomic mass is 32.2. The third-order valence-electron chi connectivity index (χ3n) is 2.59. The number of ether oxygens (including phenoxy) is 3. The summed E-state index contributed by atoms with van der Waals surface area (Å²) in [6.07, 6.45) is 0.717. The molecule has 1 aromatic carbocycles. The Hall–Kier alpha value is -1.11. The van der Waals surface area contributed by atoms with E-state index in [0.717, 1.165) is 0 Å². The van der Waals surface area contributed by atoms with Gasteiger partial charge in [-0.15, -0.1) is 0 Å². The average molecular weight is 301 g/mol. The van der Waals surface area contributed by atoms with Crippen LogP contribution in [-0.2, 0) is 20.3 Å². The number of hydrogen-bond donors (Lipinski definition) is 1. The second kappa shape index (κ2) is 9.74. The second-order valence-corrected chi connectivity index (χ2v) is 5.68. The first-order chi connectivity index (χ1) is 9.69. The molecule has 1 aromatic rings. The van der Waals surface area contributed by atoms with E-state index in [1.54, 1.807) is 25.3 Å². The van der Waals surface area contributed by atoms with Crippen molar-refractivity contribution in [2.24, 2.45) is 0 Å². The van der Waals surface area contributed by atoms with Gasteiger partial charge in [-0.25, -0.2) is 0 Å².